The van der Waals surface area contributed by atoms with Crippen molar-refractivity contribution in [3.8, 4) is 11.1 Å². The Bertz CT molecular complexity index is 2030. The molecule has 2 aliphatic rings. The second kappa shape index (κ2) is 10.6. The van der Waals surface area contributed by atoms with Gasteiger partial charge in [-0.2, -0.15) is 13.2 Å². The van der Waals surface area contributed by atoms with Gasteiger partial charge in [-0.1, -0.05) is 12.1 Å². The summed E-state index contributed by atoms with van der Waals surface area (Å²) in [6.45, 7) is 1.56. The molecule has 4 aromatic rings. The zero-order valence-electron chi connectivity index (χ0n) is 22.8. The number of carbonyl (C=O) groups excluding carboxylic acids is 6. The van der Waals surface area contributed by atoms with E-state index in [2.05, 4.69) is 20.1 Å². The van der Waals surface area contributed by atoms with Crippen LogP contribution in [0.5, 0.6) is 0 Å². The number of carbonyl (C=O) groups is 6. The maximum Gasteiger partial charge on any atom is 0.417 e. The Morgan fingerprint density at radius 2 is 0.978 bits per heavy atom. The Balaban J connectivity index is 1.23. The highest BCUT2D eigenvalue weighted by atomic mass is 19.4. The van der Waals surface area contributed by atoms with Gasteiger partial charge < -0.3 is 20.1 Å². The van der Waals surface area contributed by atoms with Crippen molar-refractivity contribution in [3.05, 3.63) is 117 Å². The zero-order valence-corrected chi connectivity index (χ0v) is 22.8. The molecule has 0 unspecified atom stereocenters. The Hall–Kier alpha value is -6.11. The number of hydrogen-bond donors (Lipinski definition) is 2. The van der Waals surface area contributed by atoms with Crippen LogP contribution in [-0.2, 0) is 15.7 Å². The number of aryl methyl sites for hydroxylation is 1. The van der Waals surface area contributed by atoms with Gasteiger partial charge in [-0.15, -0.1) is 0 Å². The molecule has 6 rings (SSSR count). The average molecular weight is 614 g/mol. The summed E-state index contributed by atoms with van der Waals surface area (Å²) in [6, 6.07) is 15.0. The Labute approximate surface area is 250 Å². The summed E-state index contributed by atoms with van der Waals surface area (Å²) in [7, 11) is 0. The quantitative estimate of drug-likeness (QED) is 0.212. The number of rotatable bonds is 5. The summed E-state index contributed by atoms with van der Waals surface area (Å²) >= 11 is 0. The Morgan fingerprint density at radius 1 is 0.556 bits per heavy atom. The lowest BCUT2D eigenvalue weighted by atomic mass is 9.94. The summed E-state index contributed by atoms with van der Waals surface area (Å²) in [4.78, 5) is 72.5. The number of esters is 4. The summed E-state index contributed by atoms with van der Waals surface area (Å²) < 4.78 is 51.7. The van der Waals surface area contributed by atoms with Crippen molar-refractivity contribution in [1.29, 1.82) is 0 Å². The third kappa shape index (κ3) is 5.31. The van der Waals surface area contributed by atoms with E-state index >= 15 is 0 Å². The van der Waals surface area contributed by atoms with Gasteiger partial charge in [0.1, 0.15) is 0 Å². The standard InChI is InChI=1S/C32H17F3N2O8/c1-14-10-17(36-26(38)15-2-6-21-23(11-15)30(42)44-28(21)40)4-8-19(14)20-9-5-18(13-25(20)32(33,34)35)37-27(39)16-3-7-22-24(12-16)31(43)45-29(22)41/h2-13H,1H3,(H,36,38)(H,37,39). The number of fused-ring (bicyclic) bond motifs is 2. The minimum absolute atomic E-state index is 0.0197. The SMILES string of the molecule is Cc1cc(NC(=O)c2ccc3c(c2)C(=O)OC3=O)ccc1-c1ccc(NC(=O)c2ccc3c(c2)C(=O)OC3=O)cc1C(F)(F)F. The summed E-state index contributed by atoms with van der Waals surface area (Å²) in [5.74, 6) is -4.91. The fourth-order valence-electron chi connectivity index (χ4n) is 4.99. The number of halogens is 3. The van der Waals surface area contributed by atoms with Crippen LogP contribution in [0.1, 0.15) is 73.3 Å². The van der Waals surface area contributed by atoms with E-state index in [4.69, 9.17) is 0 Å². The number of alkyl halides is 3. The van der Waals surface area contributed by atoms with Crippen LogP contribution in [0.2, 0.25) is 0 Å². The highest BCUT2D eigenvalue weighted by molar-refractivity contribution is 6.17. The van der Waals surface area contributed by atoms with Gasteiger partial charge in [0.05, 0.1) is 27.8 Å². The second-order valence-electron chi connectivity index (χ2n) is 10.1. The molecule has 0 atom stereocenters. The lowest BCUT2D eigenvalue weighted by Gasteiger charge is -2.17. The average Bonchev–Trinajstić information content (AvgIpc) is 3.44. The molecule has 45 heavy (non-hydrogen) atoms. The van der Waals surface area contributed by atoms with E-state index in [0.717, 1.165) is 12.1 Å². The molecular weight excluding hydrogens is 597 g/mol. The Kier molecular flexibility index (Phi) is 6.80. The van der Waals surface area contributed by atoms with E-state index < -0.39 is 47.4 Å². The number of nitrogens with one attached hydrogen (secondary N) is 2. The van der Waals surface area contributed by atoms with Gasteiger partial charge in [0.25, 0.3) is 11.8 Å². The summed E-state index contributed by atoms with van der Waals surface area (Å²) in [6.07, 6.45) is -4.82. The largest absolute Gasteiger partial charge is 0.417 e. The fraction of sp³-hybridized carbons (Fsp3) is 0.0625. The molecule has 0 saturated heterocycles. The summed E-state index contributed by atoms with van der Waals surface area (Å²) in [5, 5.41) is 4.99. The molecule has 2 amide bonds. The Morgan fingerprint density at radius 3 is 1.44 bits per heavy atom. The van der Waals surface area contributed by atoms with Crippen LogP contribution in [0.3, 0.4) is 0 Å². The first-order valence-corrected chi connectivity index (χ1v) is 13.1. The van der Waals surface area contributed by atoms with E-state index in [0.29, 0.717) is 5.56 Å². The van der Waals surface area contributed by atoms with Crippen molar-refractivity contribution in [3.63, 3.8) is 0 Å². The molecule has 13 heteroatoms. The molecule has 0 radical (unpaired) electrons. The van der Waals surface area contributed by atoms with Gasteiger partial charge in [-0.3, -0.25) is 9.59 Å². The normalized spacial score (nSPS) is 13.6. The predicted molar refractivity (Wildman–Crippen MR) is 150 cm³/mol. The first-order chi connectivity index (χ1) is 21.3. The number of amides is 2. The lowest BCUT2D eigenvalue weighted by molar-refractivity contribution is -0.137. The van der Waals surface area contributed by atoms with Crippen LogP contribution in [0, 0.1) is 6.92 Å². The highest BCUT2D eigenvalue weighted by Gasteiger charge is 2.35. The molecule has 10 nitrogen and oxygen atoms in total. The number of cyclic esters (lactones) is 4. The minimum atomic E-state index is -4.82. The number of ether oxygens (including phenoxy) is 2. The first-order valence-electron chi connectivity index (χ1n) is 13.1. The maximum absolute atomic E-state index is 14.2. The second-order valence-corrected chi connectivity index (χ2v) is 10.1. The molecule has 0 saturated carbocycles. The van der Waals surface area contributed by atoms with E-state index in [1.807, 2.05) is 0 Å². The topological polar surface area (TPSA) is 145 Å². The van der Waals surface area contributed by atoms with Gasteiger partial charge in [0.2, 0.25) is 0 Å². The number of benzene rings is 4. The van der Waals surface area contributed by atoms with Crippen LogP contribution in [0.4, 0.5) is 24.5 Å². The molecule has 0 aromatic heterocycles. The monoisotopic (exact) mass is 614 g/mol. The lowest BCUT2D eigenvalue weighted by Crippen LogP contribution is -2.15. The van der Waals surface area contributed by atoms with Gasteiger partial charge >= 0.3 is 30.1 Å². The molecule has 0 aliphatic carbocycles. The first kappa shape index (κ1) is 29.0. The molecule has 2 aliphatic heterocycles. The predicted octanol–water partition coefficient (Wildman–Crippen LogP) is 5.81. The molecule has 224 valence electrons. The third-order valence-electron chi connectivity index (χ3n) is 7.17. The summed E-state index contributed by atoms with van der Waals surface area (Å²) in [5.41, 5.74) is -0.698. The molecule has 4 aromatic carbocycles. The number of anilines is 2. The maximum atomic E-state index is 14.2. The van der Waals surface area contributed by atoms with Gasteiger partial charge in [0, 0.05) is 22.5 Å². The van der Waals surface area contributed by atoms with Crippen LogP contribution < -0.4 is 10.6 Å². The van der Waals surface area contributed by atoms with Crippen LogP contribution in [0.25, 0.3) is 11.1 Å². The van der Waals surface area contributed by atoms with Crippen LogP contribution >= 0.6 is 0 Å². The zero-order chi connectivity index (χ0) is 32.2. The van der Waals surface area contributed by atoms with Crippen molar-refractivity contribution in [2.24, 2.45) is 0 Å². The van der Waals surface area contributed by atoms with Gasteiger partial charge in [-0.05, 0) is 84.3 Å². The van der Waals surface area contributed by atoms with Crippen LogP contribution in [-0.4, -0.2) is 35.7 Å². The van der Waals surface area contributed by atoms with Crippen molar-refractivity contribution in [1.82, 2.24) is 0 Å². The smallest absolute Gasteiger partial charge is 0.386 e. The minimum Gasteiger partial charge on any atom is -0.386 e. The van der Waals surface area contributed by atoms with E-state index in [1.165, 1.54) is 60.7 Å². The van der Waals surface area contributed by atoms with Gasteiger partial charge in [0.15, 0.2) is 0 Å². The van der Waals surface area contributed by atoms with E-state index in [-0.39, 0.29) is 55.9 Å². The number of hydrogen-bond acceptors (Lipinski definition) is 8. The molecule has 2 N–H and O–H groups in total. The van der Waals surface area contributed by atoms with Crippen molar-refractivity contribution < 1.29 is 51.4 Å². The van der Waals surface area contributed by atoms with Crippen LogP contribution in [0.15, 0.2) is 72.8 Å². The van der Waals surface area contributed by atoms with Gasteiger partial charge in [-0.25, -0.2) is 19.2 Å². The van der Waals surface area contributed by atoms with Crippen molar-refractivity contribution >= 4 is 47.1 Å². The van der Waals surface area contributed by atoms with E-state index in [9.17, 15) is 41.9 Å². The highest BCUT2D eigenvalue weighted by Crippen LogP contribution is 2.40. The fourth-order valence-corrected chi connectivity index (χ4v) is 4.99. The van der Waals surface area contributed by atoms with E-state index in [1.54, 1.807) is 6.92 Å². The third-order valence-corrected chi connectivity index (χ3v) is 7.17. The molecule has 2 heterocycles. The molecule has 0 spiro atoms. The molecular formula is C32H17F3N2O8. The van der Waals surface area contributed by atoms with Crippen molar-refractivity contribution in [2.45, 2.75) is 13.1 Å². The molecule has 0 fully saturated rings. The molecule has 0 bridgehead atoms. The van der Waals surface area contributed by atoms with Crippen molar-refractivity contribution in [2.75, 3.05) is 10.6 Å².